The molecule has 0 bridgehead atoms. The lowest BCUT2D eigenvalue weighted by Gasteiger charge is -2.14. The van der Waals surface area contributed by atoms with E-state index in [0.29, 0.717) is 12.2 Å². The molecule has 1 unspecified atom stereocenters. The smallest absolute Gasteiger partial charge is 0.143 e. The van der Waals surface area contributed by atoms with Crippen LogP contribution in [0.2, 0.25) is 0 Å². The standard InChI is InChI=1S/C16H12BrFN2O/c17-11-4-5-16-10(6-11)7-12(21-16)9-20-15-3-1-2-14(18)13(15)8-19/h1-6,12,20H,7,9H2. The van der Waals surface area contributed by atoms with Crippen molar-refractivity contribution < 1.29 is 9.13 Å². The van der Waals surface area contributed by atoms with Crippen LogP contribution in [0.15, 0.2) is 40.9 Å². The minimum atomic E-state index is -0.512. The van der Waals surface area contributed by atoms with E-state index < -0.39 is 5.82 Å². The van der Waals surface area contributed by atoms with Crippen LogP contribution in [-0.4, -0.2) is 12.6 Å². The maximum Gasteiger partial charge on any atom is 0.143 e. The van der Waals surface area contributed by atoms with Gasteiger partial charge in [-0.1, -0.05) is 22.0 Å². The molecular formula is C16H12BrFN2O. The van der Waals surface area contributed by atoms with Gasteiger partial charge >= 0.3 is 0 Å². The lowest BCUT2D eigenvalue weighted by molar-refractivity contribution is 0.246. The van der Waals surface area contributed by atoms with Gasteiger partial charge in [0.05, 0.1) is 12.2 Å². The summed E-state index contributed by atoms with van der Waals surface area (Å²) in [7, 11) is 0. The number of nitrogens with zero attached hydrogens (tertiary/aromatic N) is 1. The molecule has 2 aromatic rings. The van der Waals surface area contributed by atoms with Crippen LogP contribution >= 0.6 is 15.9 Å². The van der Waals surface area contributed by atoms with Gasteiger partial charge in [-0.3, -0.25) is 0 Å². The first-order chi connectivity index (χ1) is 10.2. The fourth-order valence-corrected chi connectivity index (χ4v) is 2.82. The van der Waals surface area contributed by atoms with Crippen molar-refractivity contribution in [3.8, 4) is 11.8 Å². The Labute approximate surface area is 130 Å². The van der Waals surface area contributed by atoms with Crippen LogP contribution in [0, 0.1) is 17.1 Å². The Morgan fingerprint density at radius 1 is 1.38 bits per heavy atom. The van der Waals surface area contributed by atoms with E-state index in [0.717, 1.165) is 22.2 Å². The normalized spacial score (nSPS) is 16.0. The van der Waals surface area contributed by atoms with E-state index in [4.69, 9.17) is 10.00 Å². The third kappa shape index (κ3) is 2.86. The first-order valence-corrected chi connectivity index (χ1v) is 7.34. The molecule has 106 valence electrons. The second-order valence-electron chi connectivity index (χ2n) is 4.85. The molecule has 1 aliphatic rings. The molecule has 0 aromatic heterocycles. The third-order valence-electron chi connectivity index (χ3n) is 3.41. The molecule has 5 heteroatoms. The van der Waals surface area contributed by atoms with Crippen LogP contribution in [-0.2, 0) is 6.42 Å². The summed E-state index contributed by atoms with van der Waals surface area (Å²) in [6, 6.07) is 12.4. The minimum Gasteiger partial charge on any atom is -0.488 e. The zero-order chi connectivity index (χ0) is 14.8. The predicted octanol–water partition coefficient (Wildman–Crippen LogP) is 3.88. The highest BCUT2D eigenvalue weighted by Gasteiger charge is 2.23. The molecule has 0 radical (unpaired) electrons. The molecule has 0 saturated carbocycles. The summed E-state index contributed by atoms with van der Waals surface area (Å²) in [5.74, 6) is 0.367. The molecule has 0 spiro atoms. The SMILES string of the molecule is N#Cc1c(F)cccc1NCC1Cc2cc(Br)ccc2O1. The van der Waals surface area contributed by atoms with Crippen molar-refractivity contribution in [2.75, 3.05) is 11.9 Å². The van der Waals surface area contributed by atoms with Crippen molar-refractivity contribution >= 4 is 21.6 Å². The Bertz CT molecular complexity index is 727. The zero-order valence-electron chi connectivity index (χ0n) is 11.1. The van der Waals surface area contributed by atoms with Crippen LogP contribution in [0.25, 0.3) is 0 Å². The van der Waals surface area contributed by atoms with Gasteiger partial charge in [-0.25, -0.2) is 4.39 Å². The number of hydrogen-bond acceptors (Lipinski definition) is 3. The van der Waals surface area contributed by atoms with Gasteiger partial charge in [0.2, 0.25) is 0 Å². The highest BCUT2D eigenvalue weighted by atomic mass is 79.9. The van der Waals surface area contributed by atoms with E-state index in [1.165, 1.54) is 6.07 Å². The Kier molecular flexibility index (Phi) is 3.80. The van der Waals surface area contributed by atoms with Crippen molar-refractivity contribution in [2.45, 2.75) is 12.5 Å². The predicted molar refractivity (Wildman–Crippen MR) is 81.9 cm³/mol. The molecule has 1 heterocycles. The number of halogens is 2. The average molecular weight is 347 g/mol. The zero-order valence-corrected chi connectivity index (χ0v) is 12.7. The maximum atomic E-state index is 13.5. The van der Waals surface area contributed by atoms with Crippen LogP contribution in [0.3, 0.4) is 0 Å². The van der Waals surface area contributed by atoms with Gasteiger partial charge in [-0.2, -0.15) is 5.26 Å². The molecule has 21 heavy (non-hydrogen) atoms. The van der Waals surface area contributed by atoms with E-state index in [2.05, 4.69) is 21.2 Å². The van der Waals surface area contributed by atoms with E-state index >= 15 is 0 Å². The molecular weight excluding hydrogens is 335 g/mol. The summed E-state index contributed by atoms with van der Waals surface area (Å²) in [4.78, 5) is 0. The van der Waals surface area contributed by atoms with Gasteiger partial charge < -0.3 is 10.1 Å². The van der Waals surface area contributed by atoms with Gasteiger partial charge in [0.15, 0.2) is 0 Å². The third-order valence-corrected chi connectivity index (χ3v) is 3.90. The second-order valence-corrected chi connectivity index (χ2v) is 5.77. The van der Waals surface area contributed by atoms with Crippen LogP contribution < -0.4 is 10.1 Å². The molecule has 3 nitrogen and oxygen atoms in total. The Morgan fingerprint density at radius 3 is 3.05 bits per heavy atom. The number of fused-ring (bicyclic) bond motifs is 1. The summed E-state index contributed by atoms with van der Waals surface area (Å²) in [5, 5.41) is 12.1. The maximum absolute atomic E-state index is 13.5. The summed E-state index contributed by atoms with van der Waals surface area (Å²) in [6.07, 6.45) is 0.767. The highest BCUT2D eigenvalue weighted by Crippen LogP contribution is 2.31. The number of rotatable bonds is 3. The fraction of sp³-hybridized carbons (Fsp3) is 0.188. The molecule has 1 N–H and O–H groups in total. The minimum absolute atomic E-state index is 0.0240. The first-order valence-electron chi connectivity index (χ1n) is 6.55. The number of nitriles is 1. The van der Waals surface area contributed by atoms with Gasteiger partial charge in [0.25, 0.3) is 0 Å². The fourth-order valence-electron chi connectivity index (χ4n) is 2.41. The lowest BCUT2D eigenvalue weighted by atomic mass is 10.1. The van der Waals surface area contributed by atoms with Gasteiger partial charge in [-0.05, 0) is 35.9 Å². The van der Waals surface area contributed by atoms with Crippen LogP contribution in [0.4, 0.5) is 10.1 Å². The Balaban J connectivity index is 1.68. The first kappa shape index (κ1) is 13.9. The van der Waals surface area contributed by atoms with E-state index in [1.807, 2.05) is 24.3 Å². The molecule has 0 saturated heterocycles. The largest absolute Gasteiger partial charge is 0.488 e. The van der Waals surface area contributed by atoms with Gasteiger partial charge in [0.1, 0.15) is 29.3 Å². The molecule has 0 aliphatic carbocycles. The topological polar surface area (TPSA) is 45.0 Å². The number of anilines is 1. The van der Waals surface area contributed by atoms with Gasteiger partial charge in [-0.15, -0.1) is 0 Å². The number of hydrogen-bond donors (Lipinski definition) is 1. The van der Waals surface area contributed by atoms with E-state index in [9.17, 15) is 4.39 Å². The van der Waals surface area contributed by atoms with Crippen molar-refractivity contribution in [3.63, 3.8) is 0 Å². The number of nitrogens with one attached hydrogen (secondary N) is 1. The molecule has 0 fully saturated rings. The number of ether oxygens (including phenoxy) is 1. The monoisotopic (exact) mass is 346 g/mol. The van der Waals surface area contributed by atoms with Crippen molar-refractivity contribution in [1.82, 2.24) is 0 Å². The van der Waals surface area contributed by atoms with Crippen molar-refractivity contribution in [3.05, 3.63) is 57.8 Å². The van der Waals surface area contributed by atoms with Crippen LogP contribution in [0.1, 0.15) is 11.1 Å². The molecule has 2 aromatic carbocycles. The lowest BCUT2D eigenvalue weighted by Crippen LogP contribution is -2.24. The quantitative estimate of drug-likeness (QED) is 0.917. The molecule has 1 atom stereocenters. The summed E-state index contributed by atoms with van der Waals surface area (Å²) >= 11 is 3.44. The van der Waals surface area contributed by atoms with Crippen molar-refractivity contribution in [2.24, 2.45) is 0 Å². The highest BCUT2D eigenvalue weighted by molar-refractivity contribution is 9.10. The summed E-state index contributed by atoms with van der Waals surface area (Å²) in [6.45, 7) is 0.518. The number of benzene rings is 2. The van der Waals surface area contributed by atoms with Crippen molar-refractivity contribution in [1.29, 1.82) is 5.26 Å². The molecule has 3 rings (SSSR count). The molecule has 0 amide bonds. The average Bonchev–Trinajstić information content (AvgIpc) is 2.87. The van der Waals surface area contributed by atoms with E-state index in [1.54, 1.807) is 12.1 Å². The molecule has 1 aliphatic heterocycles. The van der Waals surface area contributed by atoms with Gasteiger partial charge in [0, 0.05) is 10.9 Å². The second kappa shape index (κ2) is 5.74. The summed E-state index contributed by atoms with van der Waals surface area (Å²) in [5.41, 5.74) is 1.69. The van der Waals surface area contributed by atoms with Crippen LogP contribution in [0.5, 0.6) is 5.75 Å². The Hall–Kier alpha value is -2.06. The Morgan fingerprint density at radius 2 is 2.24 bits per heavy atom. The summed E-state index contributed by atoms with van der Waals surface area (Å²) < 4.78 is 20.4. The van der Waals surface area contributed by atoms with E-state index in [-0.39, 0.29) is 11.7 Å².